The Kier molecular flexibility index (Phi) is 6.32. The average Bonchev–Trinajstić information content (AvgIpc) is 3.64. The summed E-state index contributed by atoms with van der Waals surface area (Å²) in [5.74, 6) is -0.457. The summed E-state index contributed by atoms with van der Waals surface area (Å²) in [7, 11) is 1.56. The first-order valence-electron chi connectivity index (χ1n) is 11.3. The van der Waals surface area contributed by atoms with E-state index in [9.17, 15) is 14.0 Å². The standard InChI is InChI=1S/C26H28FN5O2/c1-4-22(33)17(2)32(16-18-10-11-18)14-12-26(24(34)31(3)25(28)30-26)20-8-5-7-19(15-20)21-9-6-13-29-23(21)27/h5-9,12-15,18H,2,4,10-11,16H2,1,3H3,(H2,28,30)/b14-12+/t26-/m0/s1. The molecule has 2 heterocycles. The Morgan fingerprint density at radius 2 is 2.12 bits per heavy atom. The molecule has 1 fully saturated rings. The molecule has 0 spiro atoms. The largest absolute Gasteiger partial charge is 0.369 e. The number of aliphatic imine (C=N–C) groups is 1. The molecule has 1 aromatic heterocycles. The van der Waals surface area contributed by atoms with E-state index in [0.29, 0.717) is 41.3 Å². The van der Waals surface area contributed by atoms with Gasteiger partial charge in [-0.25, -0.2) is 9.98 Å². The molecule has 2 aromatic rings. The van der Waals surface area contributed by atoms with Crippen LogP contribution in [0.5, 0.6) is 0 Å². The van der Waals surface area contributed by atoms with E-state index in [1.807, 2.05) is 0 Å². The number of nitrogens with zero attached hydrogens (tertiary/aromatic N) is 4. The summed E-state index contributed by atoms with van der Waals surface area (Å²) in [5.41, 5.74) is 6.38. The molecule has 2 N–H and O–H groups in total. The maximum Gasteiger partial charge on any atom is 0.265 e. The molecule has 0 saturated heterocycles. The van der Waals surface area contributed by atoms with E-state index in [-0.39, 0.29) is 17.6 Å². The maximum atomic E-state index is 14.4. The van der Waals surface area contributed by atoms with E-state index in [1.54, 1.807) is 67.5 Å². The van der Waals surface area contributed by atoms with Crippen molar-refractivity contribution in [3.63, 3.8) is 0 Å². The van der Waals surface area contributed by atoms with Gasteiger partial charge in [0.2, 0.25) is 5.95 Å². The van der Waals surface area contributed by atoms with Crippen LogP contribution in [0.2, 0.25) is 0 Å². The number of likely N-dealkylation sites (N-methyl/N-ethyl adjacent to an activating group) is 1. The molecular weight excluding hydrogens is 433 g/mol. The lowest BCUT2D eigenvalue weighted by atomic mass is 9.87. The van der Waals surface area contributed by atoms with Crippen molar-refractivity contribution in [1.29, 1.82) is 0 Å². The van der Waals surface area contributed by atoms with Crippen molar-refractivity contribution >= 4 is 17.6 Å². The first-order chi connectivity index (χ1) is 16.3. The number of aromatic nitrogens is 1. The number of carbonyl (C=O) groups excluding carboxylic acids is 2. The van der Waals surface area contributed by atoms with Crippen molar-refractivity contribution in [2.45, 2.75) is 31.7 Å². The van der Waals surface area contributed by atoms with Gasteiger partial charge in [-0.3, -0.25) is 14.5 Å². The first kappa shape index (κ1) is 23.4. The Balaban J connectivity index is 1.79. The van der Waals surface area contributed by atoms with E-state index < -0.39 is 11.5 Å². The van der Waals surface area contributed by atoms with Gasteiger partial charge in [0.25, 0.3) is 5.91 Å². The van der Waals surface area contributed by atoms with Crippen molar-refractivity contribution < 1.29 is 14.0 Å². The molecule has 1 saturated carbocycles. The molecule has 0 unspecified atom stereocenters. The molecule has 34 heavy (non-hydrogen) atoms. The minimum Gasteiger partial charge on any atom is -0.369 e. The zero-order chi connectivity index (χ0) is 24.5. The normalized spacial score (nSPS) is 20.0. The molecule has 1 atom stereocenters. The van der Waals surface area contributed by atoms with Gasteiger partial charge in [-0.2, -0.15) is 4.39 Å². The molecule has 8 heteroatoms. The van der Waals surface area contributed by atoms with Crippen molar-refractivity contribution in [3.05, 3.63) is 78.7 Å². The maximum absolute atomic E-state index is 14.4. The molecule has 1 amide bonds. The number of halogens is 1. The Morgan fingerprint density at radius 1 is 1.35 bits per heavy atom. The fourth-order valence-electron chi connectivity index (χ4n) is 3.98. The van der Waals surface area contributed by atoms with Crippen LogP contribution in [0.25, 0.3) is 11.1 Å². The number of Topliss-reactive ketones (excluding diaryl/α,β-unsaturated/α-hetero) is 1. The number of amides is 1. The summed E-state index contributed by atoms with van der Waals surface area (Å²) in [4.78, 5) is 37.2. The van der Waals surface area contributed by atoms with Crippen LogP contribution in [-0.4, -0.2) is 46.0 Å². The van der Waals surface area contributed by atoms with Gasteiger partial charge in [-0.05, 0) is 54.2 Å². The van der Waals surface area contributed by atoms with E-state index in [1.165, 1.54) is 11.1 Å². The van der Waals surface area contributed by atoms with Crippen molar-refractivity contribution in [3.8, 4) is 11.1 Å². The van der Waals surface area contributed by atoms with Crippen LogP contribution in [0.3, 0.4) is 0 Å². The van der Waals surface area contributed by atoms with Gasteiger partial charge in [0, 0.05) is 38.0 Å². The van der Waals surface area contributed by atoms with Crippen LogP contribution in [0.15, 0.2) is 72.1 Å². The first-order valence-corrected chi connectivity index (χ1v) is 11.3. The van der Waals surface area contributed by atoms with E-state index in [4.69, 9.17) is 5.73 Å². The predicted octanol–water partition coefficient (Wildman–Crippen LogP) is 3.59. The van der Waals surface area contributed by atoms with Gasteiger partial charge in [0.15, 0.2) is 17.3 Å². The highest BCUT2D eigenvalue weighted by Crippen LogP contribution is 2.37. The third-order valence-electron chi connectivity index (χ3n) is 6.28. The second-order valence-corrected chi connectivity index (χ2v) is 8.66. The number of benzene rings is 1. The highest BCUT2D eigenvalue weighted by molar-refractivity contribution is 6.08. The summed E-state index contributed by atoms with van der Waals surface area (Å²) < 4.78 is 14.4. The zero-order valence-corrected chi connectivity index (χ0v) is 19.4. The summed E-state index contributed by atoms with van der Waals surface area (Å²) in [6.45, 7) is 6.41. The van der Waals surface area contributed by atoms with Crippen LogP contribution in [0, 0.1) is 11.9 Å². The number of carbonyl (C=O) groups is 2. The van der Waals surface area contributed by atoms with Crippen molar-refractivity contribution in [1.82, 2.24) is 14.8 Å². The van der Waals surface area contributed by atoms with Crippen LogP contribution in [0.1, 0.15) is 31.7 Å². The highest BCUT2D eigenvalue weighted by Gasteiger charge is 2.46. The SMILES string of the molecule is C=C(C(=O)CC)N(/C=C/[C@@]1(c2cccc(-c3cccnc3F)c2)N=C(N)N(C)C1=O)CC1CC1. The van der Waals surface area contributed by atoms with Crippen LogP contribution >= 0.6 is 0 Å². The Morgan fingerprint density at radius 3 is 2.74 bits per heavy atom. The summed E-state index contributed by atoms with van der Waals surface area (Å²) in [6.07, 6.45) is 7.26. The van der Waals surface area contributed by atoms with Gasteiger partial charge < -0.3 is 10.6 Å². The van der Waals surface area contributed by atoms with Crippen LogP contribution < -0.4 is 5.73 Å². The molecule has 1 aliphatic heterocycles. The number of hydrogen-bond donors (Lipinski definition) is 1. The summed E-state index contributed by atoms with van der Waals surface area (Å²) in [5, 5.41) is 0. The molecule has 176 valence electrons. The lowest BCUT2D eigenvalue weighted by Crippen LogP contribution is -2.39. The fraction of sp³-hybridized carbons (Fsp3) is 0.308. The molecule has 4 rings (SSSR count). The molecule has 1 aliphatic carbocycles. The van der Waals surface area contributed by atoms with Crippen LogP contribution in [0.4, 0.5) is 4.39 Å². The Bertz CT molecular complexity index is 1200. The third-order valence-corrected chi connectivity index (χ3v) is 6.28. The topological polar surface area (TPSA) is 91.9 Å². The Hall–Kier alpha value is -3.81. The fourth-order valence-corrected chi connectivity index (χ4v) is 3.98. The van der Waals surface area contributed by atoms with Crippen LogP contribution in [-0.2, 0) is 15.1 Å². The lowest BCUT2D eigenvalue weighted by molar-refractivity contribution is -0.129. The molecule has 0 radical (unpaired) electrons. The van der Waals surface area contributed by atoms with E-state index in [0.717, 1.165) is 12.8 Å². The number of ketones is 1. The minimum absolute atomic E-state index is 0.0636. The lowest BCUT2D eigenvalue weighted by Gasteiger charge is -2.26. The average molecular weight is 462 g/mol. The highest BCUT2D eigenvalue weighted by atomic mass is 19.1. The van der Waals surface area contributed by atoms with Gasteiger partial charge in [0.05, 0.1) is 5.70 Å². The van der Waals surface area contributed by atoms with Gasteiger partial charge in [-0.1, -0.05) is 31.7 Å². The van der Waals surface area contributed by atoms with Gasteiger partial charge in [0.1, 0.15) is 0 Å². The smallest absolute Gasteiger partial charge is 0.265 e. The number of rotatable bonds is 9. The molecule has 2 aliphatic rings. The molecule has 0 bridgehead atoms. The number of allylic oxidation sites excluding steroid dienone is 1. The van der Waals surface area contributed by atoms with E-state index in [2.05, 4.69) is 16.6 Å². The quantitative estimate of drug-likeness (QED) is 0.455. The predicted molar refractivity (Wildman–Crippen MR) is 129 cm³/mol. The number of guanidine groups is 1. The number of hydrogen-bond acceptors (Lipinski definition) is 6. The minimum atomic E-state index is -1.45. The second-order valence-electron chi connectivity index (χ2n) is 8.66. The third kappa shape index (κ3) is 4.35. The zero-order valence-electron chi connectivity index (χ0n) is 19.4. The molecule has 1 aromatic carbocycles. The van der Waals surface area contributed by atoms with Crippen molar-refractivity contribution in [2.24, 2.45) is 16.6 Å². The Labute approximate surface area is 198 Å². The number of pyridine rings is 1. The molecular formula is C26H28FN5O2. The monoisotopic (exact) mass is 461 g/mol. The summed E-state index contributed by atoms with van der Waals surface area (Å²) in [6, 6.07) is 10.2. The van der Waals surface area contributed by atoms with Gasteiger partial charge >= 0.3 is 0 Å². The molecule has 7 nitrogen and oxygen atoms in total. The summed E-state index contributed by atoms with van der Waals surface area (Å²) >= 11 is 0. The van der Waals surface area contributed by atoms with Crippen molar-refractivity contribution in [2.75, 3.05) is 13.6 Å². The van der Waals surface area contributed by atoms with Gasteiger partial charge in [-0.15, -0.1) is 0 Å². The van der Waals surface area contributed by atoms with E-state index >= 15 is 0 Å². The second kappa shape index (κ2) is 9.21. The number of nitrogens with two attached hydrogens (primary N) is 1.